The van der Waals surface area contributed by atoms with Crippen molar-refractivity contribution in [3.8, 4) is 0 Å². The summed E-state index contributed by atoms with van der Waals surface area (Å²) in [6, 6.07) is 1.07. The van der Waals surface area contributed by atoms with E-state index in [2.05, 4.69) is 44.8 Å². The molecule has 1 N–H and O–H groups in total. The third kappa shape index (κ3) is 4.77. The molecular weight excluding hydrogens is 238 g/mol. The molecule has 1 aliphatic heterocycles. The molecule has 0 spiro atoms. The maximum atomic E-state index is 12.5. The molecule has 0 aromatic heterocycles. The zero-order valence-electron chi connectivity index (χ0n) is 13.3. The Bertz CT molecular complexity index is 265. The second kappa shape index (κ2) is 7.85. The van der Waals surface area contributed by atoms with E-state index in [9.17, 15) is 4.79 Å². The lowest BCUT2D eigenvalue weighted by Gasteiger charge is -2.37. The summed E-state index contributed by atoms with van der Waals surface area (Å²) in [5.41, 5.74) is 0. The van der Waals surface area contributed by atoms with Gasteiger partial charge in [-0.2, -0.15) is 0 Å². The first-order valence-electron chi connectivity index (χ1n) is 7.73. The van der Waals surface area contributed by atoms with E-state index in [1.807, 2.05) is 4.90 Å². The first-order chi connectivity index (χ1) is 8.97. The molecule has 1 amide bonds. The van der Waals surface area contributed by atoms with Crippen LogP contribution in [0.2, 0.25) is 0 Å². The van der Waals surface area contributed by atoms with Gasteiger partial charge in [0.15, 0.2) is 0 Å². The number of rotatable bonds is 6. The van der Waals surface area contributed by atoms with E-state index in [-0.39, 0.29) is 18.0 Å². The first kappa shape index (κ1) is 16.4. The average molecular weight is 269 g/mol. The van der Waals surface area contributed by atoms with Crippen molar-refractivity contribution >= 4 is 5.91 Å². The van der Waals surface area contributed by atoms with Crippen LogP contribution in [0.3, 0.4) is 0 Å². The van der Waals surface area contributed by atoms with Gasteiger partial charge < -0.3 is 10.2 Å². The SMILES string of the molecule is CCN(CC(=O)N(C(C)C)C(C)C)C1CCCNC1. The van der Waals surface area contributed by atoms with E-state index in [0.29, 0.717) is 12.6 Å². The Hall–Kier alpha value is -0.610. The van der Waals surface area contributed by atoms with Crippen molar-refractivity contribution in [3.05, 3.63) is 0 Å². The second-order valence-corrected chi connectivity index (χ2v) is 6.05. The number of amides is 1. The van der Waals surface area contributed by atoms with Crippen LogP contribution in [0.15, 0.2) is 0 Å². The van der Waals surface area contributed by atoms with Crippen molar-refractivity contribution in [1.29, 1.82) is 0 Å². The molecular formula is C15H31N3O. The molecule has 0 aromatic rings. The topological polar surface area (TPSA) is 35.6 Å². The first-order valence-corrected chi connectivity index (χ1v) is 7.73. The van der Waals surface area contributed by atoms with E-state index in [0.717, 1.165) is 19.6 Å². The fraction of sp³-hybridized carbons (Fsp3) is 0.933. The molecule has 1 aliphatic rings. The van der Waals surface area contributed by atoms with Gasteiger partial charge in [0.05, 0.1) is 6.54 Å². The van der Waals surface area contributed by atoms with Crippen LogP contribution in [-0.2, 0) is 4.79 Å². The largest absolute Gasteiger partial charge is 0.337 e. The van der Waals surface area contributed by atoms with Crippen molar-refractivity contribution in [1.82, 2.24) is 15.1 Å². The molecule has 0 radical (unpaired) electrons. The molecule has 0 saturated carbocycles. The third-order valence-electron chi connectivity index (χ3n) is 3.93. The Morgan fingerprint density at radius 3 is 2.32 bits per heavy atom. The van der Waals surface area contributed by atoms with Crippen LogP contribution in [0.25, 0.3) is 0 Å². The van der Waals surface area contributed by atoms with Gasteiger partial charge >= 0.3 is 0 Å². The van der Waals surface area contributed by atoms with E-state index in [1.165, 1.54) is 12.8 Å². The van der Waals surface area contributed by atoms with Crippen molar-refractivity contribution < 1.29 is 4.79 Å². The quantitative estimate of drug-likeness (QED) is 0.797. The van der Waals surface area contributed by atoms with Gasteiger partial charge in [-0.25, -0.2) is 0 Å². The number of nitrogens with one attached hydrogen (secondary N) is 1. The summed E-state index contributed by atoms with van der Waals surface area (Å²) in [6.45, 7) is 14.2. The van der Waals surface area contributed by atoms with Crippen molar-refractivity contribution in [3.63, 3.8) is 0 Å². The number of hydrogen-bond donors (Lipinski definition) is 1. The molecule has 19 heavy (non-hydrogen) atoms. The maximum absolute atomic E-state index is 12.5. The summed E-state index contributed by atoms with van der Waals surface area (Å²) < 4.78 is 0. The lowest BCUT2D eigenvalue weighted by atomic mass is 10.1. The summed E-state index contributed by atoms with van der Waals surface area (Å²) in [5.74, 6) is 0.262. The number of carbonyl (C=O) groups is 1. The summed E-state index contributed by atoms with van der Waals surface area (Å²) in [5, 5.41) is 3.43. The van der Waals surface area contributed by atoms with Crippen LogP contribution in [-0.4, -0.2) is 60.0 Å². The summed E-state index contributed by atoms with van der Waals surface area (Å²) >= 11 is 0. The molecule has 1 heterocycles. The number of nitrogens with zero attached hydrogens (tertiary/aromatic N) is 2. The fourth-order valence-electron chi connectivity index (χ4n) is 3.07. The van der Waals surface area contributed by atoms with Crippen LogP contribution < -0.4 is 5.32 Å². The molecule has 4 heteroatoms. The molecule has 0 aliphatic carbocycles. The Kier molecular flexibility index (Phi) is 6.80. The van der Waals surface area contributed by atoms with Gasteiger partial charge in [0.1, 0.15) is 0 Å². The van der Waals surface area contributed by atoms with E-state index < -0.39 is 0 Å². The third-order valence-corrected chi connectivity index (χ3v) is 3.93. The fourth-order valence-corrected chi connectivity index (χ4v) is 3.07. The average Bonchev–Trinajstić information content (AvgIpc) is 2.36. The van der Waals surface area contributed by atoms with Crippen LogP contribution >= 0.6 is 0 Å². The van der Waals surface area contributed by atoms with Gasteiger partial charge in [-0.05, 0) is 53.6 Å². The highest BCUT2D eigenvalue weighted by Gasteiger charge is 2.26. The minimum atomic E-state index is 0.262. The van der Waals surface area contributed by atoms with Crippen molar-refractivity contribution in [2.75, 3.05) is 26.2 Å². The van der Waals surface area contributed by atoms with E-state index in [4.69, 9.17) is 0 Å². The highest BCUT2D eigenvalue weighted by molar-refractivity contribution is 5.78. The molecule has 1 fully saturated rings. The molecule has 1 saturated heterocycles. The Morgan fingerprint density at radius 2 is 1.89 bits per heavy atom. The van der Waals surface area contributed by atoms with Gasteiger partial charge in [0.25, 0.3) is 0 Å². The molecule has 112 valence electrons. The highest BCUT2D eigenvalue weighted by Crippen LogP contribution is 2.12. The van der Waals surface area contributed by atoms with Gasteiger partial charge in [0.2, 0.25) is 5.91 Å². The number of likely N-dealkylation sites (N-methyl/N-ethyl adjacent to an activating group) is 1. The van der Waals surface area contributed by atoms with Gasteiger partial charge in [-0.15, -0.1) is 0 Å². The van der Waals surface area contributed by atoms with Crippen LogP contribution in [0, 0.1) is 0 Å². The summed E-state index contributed by atoms with van der Waals surface area (Å²) in [4.78, 5) is 16.8. The molecule has 0 bridgehead atoms. The monoisotopic (exact) mass is 269 g/mol. The molecule has 1 rings (SSSR count). The van der Waals surface area contributed by atoms with E-state index in [1.54, 1.807) is 0 Å². The van der Waals surface area contributed by atoms with Crippen LogP contribution in [0.1, 0.15) is 47.5 Å². The smallest absolute Gasteiger partial charge is 0.237 e. The summed E-state index contributed by atoms with van der Waals surface area (Å²) in [7, 11) is 0. The van der Waals surface area contributed by atoms with E-state index >= 15 is 0 Å². The minimum absolute atomic E-state index is 0.262. The van der Waals surface area contributed by atoms with Crippen molar-refractivity contribution in [2.45, 2.75) is 65.6 Å². The Labute approximate surface area is 118 Å². The lowest BCUT2D eigenvalue weighted by molar-refractivity contribution is -0.136. The highest BCUT2D eigenvalue weighted by atomic mass is 16.2. The lowest BCUT2D eigenvalue weighted by Crippen LogP contribution is -2.52. The second-order valence-electron chi connectivity index (χ2n) is 6.05. The van der Waals surface area contributed by atoms with Gasteiger partial charge in [-0.1, -0.05) is 6.92 Å². The predicted molar refractivity (Wildman–Crippen MR) is 80.3 cm³/mol. The molecule has 0 aromatic carbocycles. The Morgan fingerprint density at radius 1 is 1.26 bits per heavy atom. The van der Waals surface area contributed by atoms with Gasteiger partial charge in [0, 0.05) is 24.7 Å². The zero-order chi connectivity index (χ0) is 14.4. The number of carbonyl (C=O) groups excluding carboxylic acids is 1. The minimum Gasteiger partial charge on any atom is -0.337 e. The number of piperidine rings is 1. The number of hydrogen-bond acceptors (Lipinski definition) is 3. The Balaban J connectivity index is 2.60. The summed E-state index contributed by atoms with van der Waals surface area (Å²) in [6.07, 6.45) is 2.42. The molecule has 1 unspecified atom stereocenters. The predicted octanol–water partition coefficient (Wildman–Crippen LogP) is 1.71. The molecule has 1 atom stereocenters. The van der Waals surface area contributed by atoms with Crippen LogP contribution in [0.5, 0.6) is 0 Å². The van der Waals surface area contributed by atoms with Crippen LogP contribution in [0.4, 0.5) is 0 Å². The zero-order valence-corrected chi connectivity index (χ0v) is 13.3. The van der Waals surface area contributed by atoms with Gasteiger partial charge in [-0.3, -0.25) is 9.69 Å². The normalized spacial score (nSPS) is 20.3. The molecule has 4 nitrogen and oxygen atoms in total. The maximum Gasteiger partial charge on any atom is 0.237 e. The van der Waals surface area contributed by atoms with Crippen molar-refractivity contribution in [2.24, 2.45) is 0 Å². The standard InChI is InChI=1S/C15H31N3O/c1-6-17(14-8-7-9-16-10-14)11-15(19)18(12(2)3)13(4)5/h12-14,16H,6-11H2,1-5H3.